The van der Waals surface area contributed by atoms with Crippen molar-refractivity contribution in [2.24, 2.45) is 0 Å². The lowest BCUT2D eigenvalue weighted by molar-refractivity contribution is -0.132. The van der Waals surface area contributed by atoms with Gasteiger partial charge in [0.1, 0.15) is 0 Å². The van der Waals surface area contributed by atoms with Crippen molar-refractivity contribution in [2.45, 2.75) is 13.8 Å². The molecule has 9 heteroatoms. The van der Waals surface area contributed by atoms with Gasteiger partial charge < -0.3 is 38.8 Å². The van der Waals surface area contributed by atoms with Crippen molar-refractivity contribution < 1.29 is 28.5 Å². The molecule has 0 aromatic carbocycles. The maximum absolute atomic E-state index is 12.6. The summed E-state index contributed by atoms with van der Waals surface area (Å²) in [7, 11) is 0. The van der Waals surface area contributed by atoms with Crippen LogP contribution < -0.4 is 5.32 Å². The Labute approximate surface area is 175 Å². The Morgan fingerprint density at radius 1 is 0.759 bits per heavy atom. The molecule has 0 bridgehead atoms. The molecule has 1 heterocycles. The minimum Gasteiger partial charge on any atom is -0.377 e. The van der Waals surface area contributed by atoms with Gasteiger partial charge >= 0.3 is 0 Å². The third-order valence-electron chi connectivity index (χ3n) is 4.63. The summed E-state index contributed by atoms with van der Waals surface area (Å²) >= 11 is 0. The quantitative estimate of drug-likeness (QED) is 0.571. The van der Waals surface area contributed by atoms with Crippen molar-refractivity contribution in [3.63, 3.8) is 0 Å². The van der Waals surface area contributed by atoms with Gasteiger partial charge in [-0.05, 0) is 13.1 Å². The smallest absolute Gasteiger partial charge is 0.236 e. The Morgan fingerprint density at radius 3 is 1.59 bits per heavy atom. The van der Waals surface area contributed by atoms with E-state index in [1.807, 2.05) is 0 Å². The Morgan fingerprint density at radius 2 is 1.17 bits per heavy atom. The lowest BCUT2D eigenvalue weighted by Gasteiger charge is -2.24. The van der Waals surface area contributed by atoms with Crippen molar-refractivity contribution in [2.75, 3.05) is 112 Å². The topological polar surface area (TPSA) is 81.7 Å². The van der Waals surface area contributed by atoms with Gasteiger partial charge in [0, 0.05) is 26.2 Å². The largest absolute Gasteiger partial charge is 0.377 e. The van der Waals surface area contributed by atoms with Gasteiger partial charge in [0.15, 0.2) is 0 Å². The monoisotopic (exact) mass is 419 g/mol. The van der Waals surface area contributed by atoms with Crippen LogP contribution in [0.2, 0.25) is 0 Å². The predicted molar refractivity (Wildman–Crippen MR) is 111 cm³/mol. The van der Waals surface area contributed by atoms with Gasteiger partial charge in [-0.1, -0.05) is 13.8 Å². The van der Waals surface area contributed by atoms with Crippen LogP contribution in [0.4, 0.5) is 0 Å². The summed E-state index contributed by atoms with van der Waals surface area (Å²) < 4.78 is 27.5. The lowest BCUT2D eigenvalue weighted by atomic mass is 10.4. The van der Waals surface area contributed by atoms with Crippen LogP contribution in [-0.4, -0.2) is 128 Å². The highest BCUT2D eigenvalue weighted by atomic mass is 16.6. The van der Waals surface area contributed by atoms with Gasteiger partial charge in [0.05, 0.1) is 72.6 Å². The maximum Gasteiger partial charge on any atom is 0.236 e. The summed E-state index contributed by atoms with van der Waals surface area (Å²) in [5.74, 6) is 0.0656. The SMILES string of the molecule is CCN(CC)CCNCC(=O)N1CCOCCOCCOCCOCCOCC1. The average Bonchev–Trinajstić information content (AvgIpc) is 2.73. The van der Waals surface area contributed by atoms with Crippen LogP contribution in [0, 0.1) is 0 Å². The first-order chi connectivity index (χ1) is 14.3. The minimum atomic E-state index is 0.0656. The normalized spacial score (nSPS) is 19.6. The molecule has 1 fully saturated rings. The van der Waals surface area contributed by atoms with E-state index in [2.05, 4.69) is 24.1 Å². The molecule has 0 spiro atoms. The summed E-state index contributed by atoms with van der Waals surface area (Å²) in [6, 6.07) is 0. The van der Waals surface area contributed by atoms with Crippen LogP contribution in [0.1, 0.15) is 13.8 Å². The van der Waals surface area contributed by atoms with Gasteiger partial charge in [0.2, 0.25) is 5.91 Å². The Balaban J connectivity index is 2.33. The van der Waals surface area contributed by atoms with E-state index >= 15 is 0 Å². The maximum atomic E-state index is 12.6. The zero-order valence-corrected chi connectivity index (χ0v) is 18.4. The van der Waals surface area contributed by atoms with E-state index in [0.29, 0.717) is 85.7 Å². The number of nitrogens with one attached hydrogen (secondary N) is 1. The van der Waals surface area contributed by atoms with Gasteiger partial charge in [-0.3, -0.25) is 4.79 Å². The number of hydrogen-bond donors (Lipinski definition) is 1. The molecular formula is C20H41N3O6. The Kier molecular flexibility index (Phi) is 17.3. The number of amides is 1. The first kappa shape index (κ1) is 26.2. The molecule has 0 aliphatic carbocycles. The Hall–Kier alpha value is -0.810. The number of rotatable bonds is 7. The van der Waals surface area contributed by atoms with E-state index in [-0.39, 0.29) is 5.91 Å². The molecule has 1 saturated heterocycles. The zero-order valence-electron chi connectivity index (χ0n) is 18.4. The third kappa shape index (κ3) is 14.8. The van der Waals surface area contributed by atoms with Crippen molar-refractivity contribution in [1.29, 1.82) is 0 Å². The van der Waals surface area contributed by atoms with E-state index in [4.69, 9.17) is 23.7 Å². The second-order valence-corrected chi connectivity index (χ2v) is 6.65. The molecule has 9 nitrogen and oxygen atoms in total. The molecule has 0 aromatic heterocycles. The van der Waals surface area contributed by atoms with Crippen molar-refractivity contribution in [1.82, 2.24) is 15.1 Å². The fourth-order valence-corrected chi connectivity index (χ4v) is 2.78. The third-order valence-corrected chi connectivity index (χ3v) is 4.63. The van der Waals surface area contributed by atoms with Crippen LogP contribution in [0.5, 0.6) is 0 Å². The molecule has 29 heavy (non-hydrogen) atoms. The summed E-state index contributed by atoms with van der Waals surface area (Å²) in [4.78, 5) is 16.7. The van der Waals surface area contributed by atoms with Gasteiger partial charge in [-0.15, -0.1) is 0 Å². The Bertz CT molecular complexity index is 367. The van der Waals surface area contributed by atoms with Crippen LogP contribution in [0.25, 0.3) is 0 Å². The minimum absolute atomic E-state index is 0.0656. The van der Waals surface area contributed by atoms with E-state index < -0.39 is 0 Å². The van der Waals surface area contributed by atoms with Gasteiger partial charge in [0.25, 0.3) is 0 Å². The molecule has 0 aromatic rings. The zero-order chi connectivity index (χ0) is 21.0. The molecule has 172 valence electrons. The average molecular weight is 420 g/mol. The van der Waals surface area contributed by atoms with Crippen LogP contribution in [0.15, 0.2) is 0 Å². The molecular weight excluding hydrogens is 378 g/mol. The van der Waals surface area contributed by atoms with Crippen molar-refractivity contribution in [3.8, 4) is 0 Å². The molecule has 1 aliphatic rings. The number of likely N-dealkylation sites (N-methyl/N-ethyl adjacent to an activating group) is 1. The number of carbonyl (C=O) groups is 1. The fraction of sp³-hybridized carbons (Fsp3) is 0.950. The van der Waals surface area contributed by atoms with Gasteiger partial charge in [-0.25, -0.2) is 0 Å². The second-order valence-electron chi connectivity index (χ2n) is 6.65. The number of ether oxygens (including phenoxy) is 5. The molecule has 0 atom stereocenters. The molecule has 1 aliphatic heterocycles. The molecule has 0 radical (unpaired) electrons. The molecule has 1 rings (SSSR count). The summed E-state index contributed by atoms with van der Waals surface area (Å²) in [6.45, 7) is 14.7. The summed E-state index contributed by atoms with van der Waals surface area (Å²) in [5, 5.41) is 3.25. The standard InChI is InChI=1S/C20H41N3O6/c1-3-22(4-2)6-5-21-19-20(24)23-7-9-25-11-13-27-15-17-29-18-16-28-14-12-26-10-8-23/h21H,3-19H2,1-2H3. The van der Waals surface area contributed by atoms with Gasteiger partial charge in [-0.2, -0.15) is 0 Å². The highest BCUT2D eigenvalue weighted by Gasteiger charge is 2.13. The highest BCUT2D eigenvalue weighted by molar-refractivity contribution is 5.78. The lowest BCUT2D eigenvalue weighted by Crippen LogP contribution is -2.43. The molecule has 0 unspecified atom stereocenters. The number of nitrogens with zero attached hydrogens (tertiary/aromatic N) is 2. The molecule has 0 saturated carbocycles. The van der Waals surface area contributed by atoms with Crippen LogP contribution in [-0.2, 0) is 28.5 Å². The van der Waals surface area contributed by atoms with E-state index in [1.165, 1.54) is 0 Å². The van der Waals surface area contributed by atoms with E-state index in [9.17, 15) is 4.79 Å². The first-order valence-corrected chi connectivity index (χ1v) is 10.9. The highest BCUT2D eigenvalue weighted by Crippen LogP contribution is 1.94. The first-order valence-electron chi connectivity index (χ1n) is 10.9. The predicted octanol–water partition coefficient (Wildman–Crippen LogP) is -0.157. The van der Waals surface area contributed by atoms with Crippen LogP contribution >= 0.6 is 0 Å². The van der Waals surface area contributed by atoms with Crippen molar-refractivity contribution >= 4 is 5.91 Å². The number of carbonyl (C=O) groups excluding carboxylic acids is 1. The molecule has 1 amide bonds. The van der Waals surface area contributed by atoms with E-state index in [0.717, 1.165) is 26.2 Å². The fourth-order valence-electron chi connectivity index (χ4n) is 2.78. The summed E-state index contributed by atoms with van der Waals surface area (Å²) in [6.07, 6.45) is 0. The number of hydrogen-bond acceptors (Lipinski definition) is 8. The molecule has 1 N–H and O–H groups in total. The summed E-state index contributed by atoms with van der Waals surface area (Å²) in [5.41, 5.74) is 0. The van der Waals surface area contributed by atoms with Crippen LogP contribution in [0.3, 0.4) is 0 Å². The van der Waals surface area contributed by atoms with Crippen molar-refractivity contribution in [3.05, 3.63) is 0 Å². The second kappa shape index (κ2) is 19.2. The van der Waals surface area contributed by atoms with E-state index in [1.54, 1.807) is 4.90 Å².